The van der Waals surface area contributed by atoms with Crippen LogP contribution >= 0.6 is 0 Å². The molecule has 0 saturated carbocycles. The van der Waals surface area contributed by atoms with E-state index in [1.165, 1.54) is 29.2 Å². The van der Waals surface area contributed by atoms with Gasteiger partial charge in [0.2, 0.25) is 0 Å². The predicted octanol–water partition coefficient (Wildman–Crippen LogP) is 5.04. The van der Waals surface area contributed by atoms with E-state index in [2.05, 4.69) is 5.32 Å². The lowest BCUT2D eigenvalue weighted by Gasteiger charge is -2.34. The summed E-state index contributed by atoms with van der Waals surface area (Å²) in [6.45, 7) is 1.85. The Balaban J connectivity index is 1.60. The van der Waals surface area contributed by atoms with Crippen LogP contribution < -0.4 is 19.9 Å². The standard InChI is InChI=1S/C22H18FN3O3/c1-15-13-18(11-12-20(15)29-19-5-3-2-4-6-19)26-21(27)24-14-25(22(26)28)17-9-7-16(23)8-10-17/h2-13H,14H2,1H3,(H,24,27). The van der Waals surface area contributed by atoms with Gasteiger partial charge in [-0.2, -0.15) is 0 Å². The Bertz CT molecular complexity index is 1050. The topological polar surface area (TPSA) is 61.9 Å². The van der Waals surface area contributed by atoms with Crippen LogP contribution in [0.5, 0.6) is 11.5 Å². The summed E-state index contributed by atoms with van der Waals surface area (Å²) < 4.78 is 19.1. The quantitative estimate of drug-likeness (QED) is 0.678. The maximum absolute atomic E-state index is 13.2. The van der Waals surface area contributed by atoms with Crippen LogP contribution in [-0.2, 0) is 0 Å². The molecule has 4 amide bonds. The lowest BCUT2D eigenvalue weighted by molar-refractivity contribution is 0.231. The molecule has 1 aliphatic rings. The highest BCUT2D eigenvalue weighted by atomic mass is 19.1. The number of rotatable bonds is 4. The fourth-order valence-corrected chi connectivity index (χ4v) is 3.05. The third kappa shape index (κ3) is 3.75. The summed E-state index contributed by atoms with van der Waals surface area (Å²) in [5.41, 5.74) is 1.67. The van der Waals surface area contributed by atoms with Gasteiger partial charge in [-0.05, 0) is 67.1 Å². The first-order valence-corrected chi connectivity index (χ1v) is 9.01. The minimum atomic E-state index is -0.524. The van der Waals surface area contributed by atoms with Crippen molar-refractivity contribution < 1.29 is 18.7 Å². The number of hydrogen-bond donors (Lipinski definition) is 1. The van der Waals surface area contributed by atoms with Gasteiger partial charge < -0.3 is 10.1 Å². The second kappa shape index (κ2) is 7.63. The number of imide groups is 1. The van der Waals surface area contributed by atoms with Crippen LogP contribution in [0.2, 0.25) is 0 Å². The zero-order valence-corrected chi connectivity index (χ0v) is 15.6. The Labute approximate surface area is 167 Å². The minimum absolute atomic E-state index is 0.00792. The van der Waals surface area contributed by atoms with Gasteiger partial charge in [0.25, 0.3) is 0 Å². The molecule has 3 aromatic rings. The maximum Gasteiger partial charge on any atom is 0.338 e. The van der Waals surface area contributed by atoms with Gasteiger partial charge in [-0.1, -0.05) is 18.2 Å². The Morgan fingerprint density at radius 3 is 2.31 bits per heavy atom. The van der Waals surface area contributed by atoms with E-state index < -0.39 is 17.9 Å². The van der Waals surface area contributed by atoms with Crippen LogP contribution in [0, 0.1) is 12.7 Å². The van der Waals surface area contributed by atoms with Gasteiger partial charge in [0.05, 0.1) is 5.69 Å². The largest absolute Gasteiger partial charge is 0.457 e. The van der Waals surface area contributed by atoms with Gasteiger partial charge in [-0.15, -0.1) is 0 Å². The molecule has 0 spiro atoms. The van der Waals surface area contributed by atoms with E-state index in [4.69, 9.17) is 4.74 Å². The van der Waals surface area contributed by atoms with Crippen LogP contribution in [0.4, 0.5) is 25.4 Å². The first-order chi connectivity index (χ1) is 14.0. The van der Waals surface area contributed by atoms with Gasteiger partial charge in [-0.25, -0.2) is 18.9 Å². The molecular formula is C22H18FN3O3. The fourth-order valence-electron chi connectivity index (χ4n) is 3.05. The summed E-state index contributed by atoms with van der Waals surface area (Å²) in [5, 5.41) is 2.67. The van der Waals surface area contributed by atoms with Crippen LogP contribution in [-0.4, -0.2) is 18.7 Å². The summed E-state index contributed by atoms with van der Waals surface area (Å²) in [4.78, 5) is 27.8. The second-order valence-electron chi connectivity index (χ2n) is 6.53. The lowest BCUT2D eigenvalue weighted by atomic mass is 10.2. The number of urea groups is 2. The number of halogens is 1. The van der Waals surface area contributed by atoms with Gasteiger partial charge in [0.1, 0.15) is 24.0 Å². The third-order valence-corrected chi connectivity index (χ3v) is 4.54. The summed E-state index contributed by atoms with van der Waals surface area (Å²) in [7, 11) is 0. The van der Waals surface area contributed by atoms with E-state index in [9.17, 15) is 14.0 Å². The molecule has 0 unspecified atom stereocenters. The number of nitrogens with zero attached hydrogens (tertiary/aromatic N) is 2. The maximum atomic E-state index is 13.2. The zero-order chi connectivity index (χ0) is 20.4. The average Bonchev–Trinajstić information content (AvgIpc) is 2.72. The van der Waals surface area contributed by atoms with Crippen molar-refractivity contribution in [3.8, 4) is 11.5 Å². The molecule has 1 fully saturated rings. The van der Waals surface area contributed by atoms with Crippen molar-refractivity contribution in [2.45, 2.75) is 6.92 Å². The molecular weight excluding hydrogens is 373 g/mol. The molecule has 1 saturated heterocycles. The Kier molecular flexibility index (Phi) is 4.87. The summed E-state index contributed by atoms with van der Waals surface area (Å²) in [6.07, 6.45) is 0. The molecule has 1 heterocycles. The molecule has 7 heteroatoms. The van der Waals surface area contributed by atoms with Crippen LogP contribution in [0.1, 0.15) is 5.56 Å². The van der Waals surface area contributed by atoms with Gasteiger partial charge in [0, 0.05) is 5.69 Å². The molecule has 0 bridgehead atoms. The first kappa shape index (κ1) is 18.5. The fraction of sp³-hybridized carbons (Fsp3) is 0.0909. The van der Waals surface area contributed by atoms with Crippen molar-refractivity contribution in [1.29, 1.82) is 0 Å². The van der Waals surface area contributed by atoms with E-state index in [1.54, 1.807) is 18.2 Å². The van der Waals surface area contributed by atoms with Crippen molar-refractivity contribution >= 4 is 23.4 Å². The number of benzene rings is 3. The van der Waals surface area contributed by atoms with E-state index in [1.807, 2.05) is 37.3 Å². The normalized spacial score (nSPS) is 14.0. The monoisotopic (exact) mass is 391 g/mol. The number of carbonyl (C=O) groups is 2. The van der Waals surface area contributed by atoms with Gasteiger partial charge >= 0.3 is 12.1 Å². The number of aryl methyl sites for hydroxylation is 1. The molecule has 3 aromatic carbocycles. The predicted molar refractivity (Wildman–Crippen MR) is 108 cm³/mol. The Morgan fingerprint density at radius 2 is 1.62 bits per heavy atom. The van der Waals surface area contributed by atoms with Crippen molar-refractivity contribution in [2.75, 3.05) is 16.5 Å². The molecule has 146 valence electrons. The van der Waals surface area contributed by atoms with Crippen molar-refractivity contribution in [3.63, 3.8) is 0 Å². The number of ether oxygens (including phenoxy) is 1. The SMILES string of the molecule is Cc1cc(N2C(=O)NCN(c3ccc(F)cc3)C2=O)ccc1Oc1ccccc1. The molecule has 0 aromatic heterocycles. The van der Waals surface area contributed by atoms with Crippen molar-refractivity contribution in [2.24, 2.45) is 0 Å². The number of anilines is 2. The Hall–Kier alpha value is -3.87. The van der Waals surface area contributed by atoms with Gasteiger partial charge in [0.15, 0.2) is 0 Å². The van der Waals surface area contributed by atoms with Gasteiger partial charge in [-0.3, -0.25) is 4.90 Å². The van der Waals surface area contributed by atoms with E-state index >= 15 is 0 Å². The first-order valence-electron chi connectivity index (χ1n) is 9.01. The third-order valence-electron chi connectivity index (χ3n) is 4.54. The molecule has 6 nitrogen and oxygen atoms in total. The lowest BCUT2D eigenvalue weighted by Crippen LogP contribution is -2.60. The Morgan fingerprint density at radius 1 is 0.931 bits per heavy atom. The van der Waals surface area contributed by atoms with Crippen LogP contribution in [0.25, 0.3) is 0 Å². The molecule has 1 N–H and O–H groups in total. The van der Waals surface area contributed by atoms with E-state index in [0.717, 1.165) is 10.5 Å². The van der Waals surface area contributed by atoms with Crippen molar-refractivity contribution in [1.82, 2.24) is 5.32 Å². The number of nitrogens with one attached hydrogen (secondary N) is 1. The highest BCUT2D eigenvalue weighted by Gasteiger charge is 2.34. The highest BCUT2D eigenvalue weighted by Crippen LogP contribution is 2.30. The minimum Gasteiger partial charge on any atom is -0.457 e. The van der Waals surface area contributed by atoms with Crippen molar-refractivity contribution in [3.05, 3.63) is 84.2 Å². The molecule has 1 aliphatic heterocycles. The molecule has 0 aliphatic carbocycles. The smallest absolute Gasteiger partial charge is 0.338 e. The molecule has 4 rings (SSSR count). The zero-order valence-electron chi connectivity index (χ0n) is 15.6. The molecule has 0 atom stereocenters. The summed E-state index contributed by atoms with van der Waals surface area (Å²) in [6, 6.07) is 18.9. The highest BCUT2D eigenvalue weighted by molar-refractivity contribution is 6.20. The number of carbonyl (C=O) groups excluding carboxylic acids is 2. The summed E-state index contributed by atoms with van der Waals surface area (Å²) in [5.74, 6) is 0.918. The molecule has 0 radical (unpaired) electrons. The van der Waals surface area contributed by atoms with E-state index in [0.29, 0.717) is 22.9 Å². The number of amides is 4. The van der Waals surface area contributed by atoms with Crippen LogP contribution in [0.15, 0.2) is 72.8 Å². The van der Waals surface area contributed by atoms with E-state index in [-0.39, 0.29) is 6.67 Å². The van der Waals surface area contributed by atoms with Crippen LogP contribution in [0.3, 0.4) is 0 Å². The molecule has 29 heavy (non-hydrogen) atoms. The summed E-state index contributed by atoms with van der Waals surface area (Å²) >= 11 is 0. The second-order valence-corrected chi connectivity index (χ2v) is 6.53. The number of para-hydroxylation sites is 1. The number of hydrogen-bond acceptors (Lipinski definition) is 3. The average molecular weight is 391 g/mol.